The minimum Gasteiger partial charge on any atom is -0.316 e. The van der Waals surface area contributed by atoms with Crippen molar-refractivity contribution < 1.29 is 0 Å². The largest absolute Gasteiger partial charge is 0.316 e. The highest BCUT2D eigenvalue weighted by Crippen LogP contribution is 2.17. The van der Waals surface area contributed by atoms with Gasteiger partial charge in [-0.3, -0.25) is 0 Å². The van der Waals surface area contributed by atoms with Crippen molar-refractivity contribution in [1.82, 2.24) is 5.32 Å². The zero-order chi connectivity index (χ0) is 13.2. The van der Waals surface area contributed by atoms with Crippen molar-refractivity contribution >= 4 is 0 Å². The molecule has 2 unspecified atom stereocenters. The standard InChI is InChI=1S/C17H29N/c1-4-13-18-14-16(3)15(2)9-8-12-17-10-6-5-7-11-17/h5-7,10-11,15-16,18H,4,8-9,12-14H2,1-3H3. The molecule has 0 aliphatic carbocycles. The predicted octanol–water partition coefficient (Wildman–Crippen LogP) is 4.28. The van der Waals surface area contributed by atoms with Gasteiger partial charge in [-0.1, -0.05) is 57.5 Å². The Kier molecular flexibility index (Phi) is 7.75. The van der Waals surface area contributed by atoms with E-state index in [2.05, 4.69) is 56.4 Å². The lowest BCUT2D eigenvalue weighted by atomic mass is 9.90. The van der Waals surface area contributed by atoms with Crippen molar-refractivity contribution in [1.29, 1.82) is 0 Å². The van der Waals surface area contributed by atoms with E-state index >= 15 is 0 Å². The Balaban J connectivity index is 2.14. The SMILES string of the molecule is CCCNCC(C)C(C)CCCc1ccccc1. The van der Waals surface area contributed by atoms with Gasteiger partial charge in [0.1, 0.15) is 0 Å². The normalized spacial score (nSPS) is 14.4. The molecule has 0 heterocycles. The summed E-state index contributed by atoms with van der Waals surface area (Å²) in [6.07, 6.45) is 5.10. The van der Waals surface area contributed by atoms with Crippen LogP contribution in [0, 0.1) is 11.8 Å². The van der Waals surface area contributed by atoms with Crippen molar-refractivity contribution in [2.45, 2.75) is 46.5 Å². The van der Waals surface area contributed by atoms with Crippen LogP contribution in [0.3, 0.4) is 0 Å². The number of aryl methyl sites for hydroxylation is 1. The van der Waals surface area contributed by atoms with E-state index in [1.165, 1.54) is 37.8 Å². The average molecular weight is 247 g/mol. The Bertz CT molecular complexity index is 294. The fourth-order valence-electron chi connectivity index (χ4n) is 2.27. The molecule has 0 spiro atoms. The summed E-state index contributed by atoms with van der Waals surface area (Å²) in [5.41, 5.74) is 1.47. The van der Waals surface area contributed by atoms with Crippen LogP contribution in [0.4, 0.5) is 0 Å². The van der Waals surface area contributed by atoms with Crippen LogP contribution in [0.1, 0.15) is 45.6 Å². The van der Waals surface area contributed by atoms with Crippen LogP contribution in [0.25, 0.3) is 0 Å². The molecule has 102 valence electrons. The number of hydrogen-bond donors (Lipinski definition) is 1. The summed E-state index contributed by atoms with van der Waals surface area (Å²) in [5, 5.41) is 3.52. The van der Waals surface area contributed by atoms with Gasteiger partial charge in [-0.25, -0.2) is 0 Å². The van der Waals surface area contributed by atoms with E-state index in [-0.39, 0.29) is 0 Å². The molecule has 1 aromatic carbocycles. The highest BCUT2D eigenvalue weighted by atomic mass is 14.8. The molecule has 1 heteroatoms. The first-order valence-electron chi connectivity index (χ1n) is 7.48. The summed E-state index contributed by atoms with van der Waals surface area (Å²) in [7, 11) is 0. The second-order valence-electron chi connectivity index (χ2n) is 5.54. The first-order valence-corrected chi connectivity index (χ1v) is 7.48. The molecule has 1 rings (SSSR count). The molecule has 1 nitrogen and oxygen atoms in total. The lowest BCUT2D eigenvalue weighted by molar-refractivity contribution is 0.341. The molecule has 0 amide bonds. The number of nitrogens with one attached hydrogen (secondary N) is 1. The maximum atomic E-state index is 3.52. The summed E-state index contributed by atoms with van der Waals surface area (Å²) in [6, 6.07) is 10.8. The summed E-state index contributed by atoms with van der Waals surface area (Å²) < 4.78 is 0. The molecule has 0 aromatic heterocycles. The van der Waals surface area contributed by atoms with Crippen LogP contribution < -0.4 is 5.32 Å². The van der Waals surface area contributed by atoms with Gasteiger partial charge < -0.3 is 5.32 Å². The summed E-state index contributed by atoms with van der Waals surface area (Å²) in [4.78, 5) is 0. The van der Waals surface area contributed by atoms with Crippen molar-refractivity contribution in [3.63, 3.8) is 0 Å². The average Bonchev–Trinajstić information content (AvgIpc) is 2.40. The lowest BCUT2D eigenvalue weighted by Crippen LogP contribution is -2.25. The van der Waals surface area contributed by atoms with Crippen LogP contribution in [0.5, 0.6) is 0 Å². The molecule has 0 radical (unpaired) electrons. The van der Waals surface area contributed by atoms with E-state index in [0.717, 1.165) is 18.4 Å². The third-order valence-corrected chi connectivity index (χ3v) is 3.83. The summed E-state index contributed by atoms with van der Waals surface area (Å²) >= 11 is 0. The summed E-state index contributed by atoms with van der Waals surface area (Å²) in [5.74, 6) is 1.60. The van der Waals surface area contributed by atoms with Crippen molar-refractivity contribution in [2.24, 2.45) is 11.8 Å². The molecule has 0 saturated heterocycles. The highest BCUT2D eigenvalue weighted by molar-refractivity contribution is 5.14. The third-order valence-electron chi connectivity index (χ3n) is 3.83. The second kappa shape index (κ2) is 9.16. The maximum Gasteiger partial charge on any atom is -0.00206 e. The minimum atomic E-state index is 0.785. The smallest absolute Gasteiger partial charge is 0.00206 e. The molecular weight excluding hydrogens is 218 g/mol. The Morgan fingerprint density at radius 2 is 1.78 bits per heavy atom. The van der Waals surface area contributed by atoms with Crippen LogP contribution in [-0.4, -0.2) is 13.1 Å². The van der Waals surface area contributed by atoms with E-state index in [4.69, 9.17) is 0 Å². The fraction of sp³-hybridized carbons (Fsp3) is 0.647. The zero-order valence-electron chi connectivity index (χ0n) is 12.3. The second-order valence-corrected chi connectivity index (χ2v) is 5.54. The van der Waals surface area contributed by atoms with Gasteiger partial charge in [-0.05, 0) is 49.8 Å². The molecule has 0 aliphatic heterocycles. The van der Waals surface area contributed by atoms with E-state index < -0.39 is 0 Å². The lowest BCUT2D eigenvalue weighted by Gasteiger charge is -2.20. The van der Waals surface area contributed by atoms with Gasteiger partial charge in [0.2, 0.25) is 0 Å². The van der Waals surface area contributed by atoms with Gasteiger partial charge in [-0.15, -0.1) is 0 Å². The minimum absolute atomic E-state index is 0.785. The van der Waals surface area contributed by atoms with Gasteiger partial charge in [0.05, 0.1) is 0 Å². The topological polar surface area (TPSA) is 12.0 Å². The third kappa shape index (κ3) is 6.20. The van der Waals surface area contributed by atoms with Gasteiger partial charge in [0, 0.05) is 0 Å². The van der Waals surface area contributed by atoms with Gasteiger partial charge in [0.25, 0.3) is 0 Å². The summed E-state index contributed by atoms with van der Waals surface area (Å²) in [6.45, 7) is 9.31. The Morgan fingerprint density at radius 3 is 2.44 bits per heavy atom. The Hall–Kier alpha value is -0.820. The number of hydrogen-bond acceptors (Lipinski definition) is 1. The van der Waals surface area contributed by atoms with Crippen LogP contribution in [0.15, 0.2) is 30.3 Å². The van der Waals surface area contributed by atoms with Crippen LogP contribution >= 0.6 is 0 Å². The van der Waals surface area contributed by atoms with Crippen molar-refractivity contribution in [3.05, 3.63) is 35.9 Å². The highest BCUT2D eigenvalue weighted by Gasteiger charge is 2.11. The van der Waals surface area contributed by atoms with Crippen molar-refractivity contribution in [3.8, 4) is 0 Å². The maximum absolute atomic E-state index is 3.52. The van der Waals surface area contributed by atoms with Crippen molar-refractivity contribution in [2.75, 3.05) is 13.1 Å². The fourth-order valence-corrected chi connectivity index (χ4v) is 2.27. The van der Waals surface area contributed by atoms with E-state index in [1.807, 2.05) is 0 Å². The molecular formula is C17H29N. The molecule has 1 N–H and O–H groups in total. The van der Waals surface area contributed by atoms with Gasteiger partial charge in [0.15, 0.2) is 0 Å². The van der Waals surface area contributed by atoms with Crippen LogP contribution in [0.2, 0.25) is 0 Å². The molecule has 2 atom stereocenters. The van der Waals surface area contributed by atoms with E-state index in [9.17, 15) is 0 Å². The molecule has 18 heavy (non-hydrogen) atoms. The number of rotatable bonds is 9. The van der Waals surface area contributed by atoms with E-state index in [0.29, 0.717) is 0 Å². The quantitative estimate of drug-likeness (QED) is 0.642. The molecule has 0 aliphatic rings. The van der Waals surface area contributed by atoms with Crippen LogP contribution in [-0.2, 0) is 6.42 Å². The first kappa shape index (κ1) is 15.2. The molecule has 0 bridgehead atoms. The molecule has 0 saturated carbocycles. The predicted molar refractivity (Wildman–Crippen MR) is 80.9 cm³/mol. The molecule has 1 aromatic rings. The van der Waals surface area contributed by atoms with Gasteiger partial charge >= 0.3 is 0 Å². The van der Waals surface area contributed by atoms with E-state index in [1.54, 1.807) is 0 Å². The Morgan fingerprint density at radius 1 is 1.06 bits per heavy atom. The first-order chi connectivity index (χ1) is 8.74. The Labute approximate surface area is 113 Å². The van der Waals surface area contributed by atoms with Gasteiger partial charge in [-0.2, -0.15) is 0 Å². The monoisotopic (exact) mass is 247 g/mol. The number of benzene rings is 1. The zero-order valence-corrected chi connectivity index (χ0v) is 12.3. The molecule has 0 fully saturated rings.